The third-order valence-electron chi connectivity index (χ3n) is 3.09. The highest BCUT2D eigenvalue weighted by atomic mass is 16.1. The van der Waals surface area contributed by atoms with E-state index in [4.69, 9.17) is 5.73 Å². The lowest BCUT2D eigenvalue weighted by Gasteiger charge is -2.26. The van der Waals surface area contributed by atoms with E-state index in [0.717, 1.165) is 18.7 Å². The molecule has 1 amide bonds. The van der Waals surface area contributed by atoms with Crippen LogP contribution in [0.5, 0.6) is 0 Å². The van der Waals surface area contributed by atoms with Gasteiger partial charge in [-0.1, -0.05) is 18.2 Å². The summed E-state index contributed by atoms with van der Waals surface area (Å²) in [4.78, 5) is 24.6. The van der Waals surface area contributed by atoms with Crippen LogP contribution >= 0.6 is 0 Å². The summed E-state index contributed by atoms with van der Waals surface area (Å²) >= 11 is 0. The van der Waals surface area contributed by atoms with Crippen LogP contribution in [0.3, 0.4) is 0 Å². The highest BCUT2D eigenvalue weighted by molar-refractivity contribution is 5.94. The van der Waals surface area contributed by atoms with E-state index in [1.165, 1.54) is 0 Å². The largest absolute Gasteiger partial charge is 0.366 e. The maximum absolute atomic E-state index is 11.3. The van der Waals surface area contributed by atoms with Gasteiger partial charge in [-0.2, -0.15) is 0 Å². The molecule has 0 saturated carbocycles. The van der Waals surface area contributed by atoms with Crippen LogP contribution in [0.4, 0.5) is 0 Å². The Kier molecular flexibility index (Phi) is 3.54. The molecular weight excluding hydrogens is 216 g/mol. The fraction of sp³-hybridized carbons (Fsp3) is 0.385. The zero-order valence-electron chi connectivity index (χ0n) is 9.69. The van der Waals surface area contributed by atoms with Gasteiger partial charge >= 0.3 is 0 Å². The Hall–Kier alpha value is -1.68. The predicted octanol–water partition coefficient (Wildman–Crippen LogP) is 0.950. The second kappa shape index (κ2) is 5.10. The van der Waals surface area contributed by atoms with Gasteiger partial charge in [0.2, 0.25) is 5.91 Å². The summed E-state index contributed by atoms with van der Waals surface area (Å²) in [6, 6.07) is 7.36. The third kappa shape index (κ3) is 2.91. The fourth-order valence-electron chi connectivity index (χ4n) is 2.10. The van der Waals surface area contributed by atoms with Crippen LogP contribution in [0, 0.1) is 0 Å². The van der Waals surface area contributed by atoms with E-state index >= 15 is 0 Å². The average molecular weight is 232 g/mol. The van der Waals surface area contributed by atoms with Gasteiger partial charge in [-0.05, 0) is 11.6 Å². The van der Waals surface area contributed by atoms with Gasteiger partial charge in [0.05, 0.1) is 0 Å². The summed E-state index contributed by atoms with van der Waals surface area (Å²) < 4.78 is 0. The van der Waals surface area contributed by atoms with E-state index in [-0.39, 0.29) is 0 Å². The molecule has 0 aliphatic carbocycles. The Morgan fingerprint density at radius 2 is 1.88 bits per heavy atom. The quantitative estimate of drug-likeness (QED) is 0.844. The molecule has 1 aromatic carbocycles. The van der Waals surface area contributed by atoms with E-state index in [9.17, 15) is 9.59 Å². The Bertz CT molecular complexity index is 433. The number of hydrogen-bond donors (Lipinski definition) is 1. The summed E-state index contributed by atoms with van der Waals surface area (Å²) in [6.45, 7) is 2.23. The van der Waals surface area contributed by atoms with Crippen LogP contribution in [0.25, 0.3) is 0 Å². The second-order valence-corrected chi connectivity index (χ2v) is 4.34. The number of likely N-dealkylation sites (tertiary alicyclic amines) is 1. The first-order chi connectivity index (χ1) is 8.16. The molecule has 0 radical (unpaired) electrons. The van der Waals surface area contributed by atoms with Crippen molar-refractivity contribution in [2.24, 2.45) is 5.73 Å². The van der Waals surface area contributed by atoms with Crippen molar-refractivity contribution in [2.45, 2.75) is 19.4 Å². The number of carbonyl (C=O) groups excluding carboxylic acids is 2. The minimum atomic E-state index is -0.395. The van der Waals surface area contributed by atoms with Crippen molar-refractivity contribution < 1.29 is 9.59 Å². The van der Waals surface area contributed by atoms with Crippen molar-refractivity contribution in [3.8, 4) is 0 Å². The minimum Gasteiger partial charge on any atom is -0.366 e. The predicted molar refractivity (Wildman–Crippen MR) is 64.5 cm³/mol. The van der Waals surface area contributed by atoms with Gasteiger partial charge in [0, 0.05) is 38.0 Å². The first kappa shape index (κ1) is 11.8. The van der Waals surface area contributed by atoms with Gasteiger partial charge in [-0.3, -0.25) is 14.5 Å². The average Bonchev–Trinajstić information content (AvgIpc) is 2.32. The maximum Gasteiger partial charge on any atom is 0.249 e. The molecule has 2 rings (SSSR count). The smallest absolute Gasteiger partial charge is 0.249 e. The van der Waals surface area contributed by atoms with E-state index in [1.54, 1.807) is 6.07 Å². The number of rotatable bonds is 3. The lowest BCUT2D eigenvalue weighted by Crippen LogP contribution is -2.33. The molecule has 2 N–H and O–H groups in total. The number of carbonyl (C=O) groups is 2. The minimum absolute atomic E-state index is 0.324. The van der Waals surface area contributed by atoms with Crippen LogP contribution in [0.1, 0.15) is 28.8 Å². The number of nitrogens with zero attached hydrogens (tertiary/aromatic N) is 1. The van der Waals surface area contributed by atoms with Gasteiger partial charge < -0.3 is 5.73 Å². The molecule has 4 heteroatoms. The summed E-state index contributed by atoms with van der Waals surface area (Å²) in [7, 11) is 0. The Balaban J connectivity index is 2.08. The number of benzene rings is 1. The molecule has 1 fully saturated rings. The number of piperidine rings is 1. The van der Waals surface area contributed by atoms with Crippen LogP contribution in [-0.2, 0) is 11.3 Å². The number of Topliss-reactive ketones (excluding diaryl/α,β-unsaturated/α-hetero) is 1. The van der Waals surface area contributed by atoms with Crippen molar-refractivity contribution in [3.05, 3.63) is 35.4 Å². The number of primary amides is 1. The molecule has 17 heavy (non-hydrogen) atoms. The Morgan fingerprint density at radius 3 is 2.53 bits per heavy atom. The molecule has 0 unspecified atom stereocenters. The first-order valence-electron chi connectivity index (χ1n) is 5.78. The van der Waals surface area contributed by atoms with Gasteiger partial charge in [0.1, 0.15) is 5.78 Å². The molecule has 0 bridgehead atoms. The van der Waals surface area contributed by atoms with E-state index in [0.29, 0.717) is 30.7 Å². The van der Waals surface area contributed by atoms with Crippen molar-refractivity contribution in [1.29, 1.82) is 0 Å². The first-order valence-corrected chi connectivity index (χ1v) is 5.78. The lowest BCUT2D eigenvalue weighted by atomic mass is 10.0. The van der Waals surface area contributed by atoms with E-state index < -0.39 is 5.91 Å². The molecule has 1 aromatic rings. The maximum atomic E-state index is 11.3. The van der Waals surface area contributed by atoms with Gasteiger partial charge in [-0.25, -0.2) is 0 Å². The van der Waals surface area contributed by atoms with E-state index in [2.05, 4.69) is 4.90 Å². The van der Waals surface area contributed by atoms with Gasteiger partial charge in [-0.15, -0.1) is 0 Å². The lowest BCUT2D eigenvalue weighted by molar-refractivity contribution is -0.121. The third-order valence-corrected chi connectivity index (χ3v) is 3.09. The van der Waals surface area contributed by atoms with Crippen LogP contribution < -0.4 is 5.73 Å². The molecule has 1 heterocycles. The highest BCUT2D eigenvalue weighted by Gasteiger charge is 2.17. The molecule has 4 nitrogen and oxygen atoms in total. The van der Waals surface area contributed by atoms with Crippen molar-refractivity contribution in [1.82, 2.24) is 4.90 Å². The SMILES string of the molecule is NC(=O)c1ccccc1CN1CCC(=O)CC1. The van der Waals surface area contributed by atoms with Gasteiger partial charge in [0.25, 0.3) is 0 Å². The monoisotopic (exact) mass is 232 g/mol. The molecule has 0 atom stereocenters. The number of amides is 1. The summed E-state index contributed by atoms with van der Waals surface area (Å²) in [5.74, 6) is -0.0712. The number of nitrogens with two attached hydrogens (primary N) is 1. The zero-order chi connectivity index (χ0) is 12.3. The highest BCUT2D eigenvalue weighted by Crippen LogP contribution is 2.14. The molecule has 0 spiro atoms. The normalized spacial score (nSPS) is 17.1. The standard InChI is InChI=1S/C13H16N2O2/c14-13(17)12-4-2-1-3-10(12)9-15-7-5-11(16)6-8-15/h1-4H,5-9H2,(H2,14,17). The molecule has 0 aromatic heterocycles. The van der Waals surface area contributed by atoms with Crippen LogP contribution in [0.15, 0.2) is 24.3 Å². The molecular formula is C13H16N2O2. The van der Waals surface area contributed by atoms with E-state index in [1.807, 2.05) is 18.2 Å². The molecule has 90 valence electrons. The van der Waals surface area contributed by atoms with Crippen LogP contribution in [0.2, 0.25) is 0 Å². The summed E-state index contributed by atoms with van der Waals surface area (Å²) in [5.41, 5.74) is 6.84. The molecule has 1 aliphatic rings. The van der Waals surface area contributed by atoms with Crippen molar-refractivity contribution in [2.75, 3.05) is 13.1 Å². The Labute approximate surface area is 100 Å². The molecule has 1 aliphatic heterocycles. The zero-order valence-corrected chi connectivity index (χ0v) is 9.69. The Morgan fingerprint density at radius 1 is 1.24 bits per heavy atom. The van der Waals surface area contributed by atoms with Crippen molar-refractivity contribution in [3.63, 3.8) is 0 Å². The number of ketones is 1. The second-order valence-electron chi connectivity index (χ2n) is 4.34. The molecule has 1 saturated heterocycles. The van der Waals surface area contributed by atoms with Crippen LogP contribution in [-0.4, -0.2) is 29.7 Å². The van der Waals surface area contributed by atoms with Gasteiger partial charge in [0.15, 0.2) is 0 Å². The summed E-state index contributed by atoms with van der Waals surface area (Å²) in [5, 5.41) is 0. The topological polar surface area (TPSA) is 63.4 Å². The summed E-state index contributed by atoms with van der Waals surface area (Å²) in [6.07, 6.45) is 1.22. The number of hydrogen-bond acceptors (Lipinski definition) is 3. The fourth-order valence-corrected chi connectivity index (χ4v) is 2.10. The van der Waals surface area contributed by atoms with Crippen molar-refractivity contribution >= 4 is 11.7 Å².